The first-order valence-electron chi connectivity index (χ1n) is 6.30. The largest absolute Gasteiger partial charge is 0.338 e. The smallest absolute Gasteiger partial charge is 0.190 e. The van der Waals surface area contributed by atoms with Crippen LogP contribution in [0.15, 0.2) is 54.6 Å². The van der Waals surface area contributed by atoms with Crippen molar-refractivity contribution in [3.8, 4) is 0 Å². The second-order valence-corrected chi connectivity index (χ2v) is 5.67. The Balaban J connectivity index is 1.91. The van der Waals surface area contributed by atoms with E-state index in [0.29, 0.717) is 5.11 Å². The maximum Gasteiger partial charge on any atom is 0.190 e. The van der Waals surface area contributed by atoms with Crippen molar-refractivity contribution < 1.29 is 0 Å². The first kappa shape index (κ1) is 13.4. The lowest BCUT2D eigenvalue weighted by molar-refractivity contribution is 0.390. The summed E-state index contributed by atoms with van der Waals surface area (Å²) in [6.07, 6.45) is 0. The highest BCUT2D eigenvalue weighted by atomic mass is 35.5. The summed E-state index contributed by atoms with van der Waals surface area (Å²) in [5.74, 6) is 0. The van der Waals surface area contributed by atoms with Gasteiger partial charge in [0.1, 0.15) is 5.66 Å². The highest BCUT2D eigenvalue weighted by molar-refractivity contribution is 7.80. The summed E-state index contributed by atoms with van der Waals surface area (Å²) in [7, 11) is 0. The third-order valence-corrected chi connectivity index (χ3v) is 3.87. The van der Waals surface area contributed by atoms with Gasteiger partial charge in [-0.05, 0) is 49.0 Å². The molecule has 2 aromatic rings. The van der Waals surface area contributed by atoms with Gasteiger partial charge in [0.25, 0.3) is 0 Å². The lowest BCUT2D eigenvalue weighted by Crippen LogP contribution is -2.45. The number of hydrazine groups is 1. The highest BCUT2D eigenvalue weighted by Crippen LogP contribution is 2.27. The Kier molecular flexibility index (Phi) is 3.38. The Morgan fingerprint density at radius 3 is 2.35 bits per heavy atom. The monoisotopic (exact) mass is 303 g/mol. The van der Waals surface area contributed by atoms with Crippen molar-refractivity contribution in [3.63, 3.8) is 0 Å². The zero-order chi connectivity index (χ0) is 14.2. The van der Waals surface area contributed by atoms with E-state index < -0.39 is 5.66 Å². The van der Waals surface area contributed by atoms with E-state index in [-0.39, 0.29) is 0 Å². The summed E-state index contributed by atoms with van der Waals surface area (Å²) in [6.45, 7) is 2.05. The van der Waals surface area contributed by atoms with Gasteiger partial charge in [-0.15, -0.1) is 0 Å². The van der Waals surface area contributed by atoms with Crippen LogP contribution in [0.5, 0.6) is 0 Å². The van der Waals surface area contributed by atoms with Crippen LogP contribution in [0, 0.1) is 0 Å². The summed E-state index contributed by atoms with van der Waals surface area (Å²) < 4.78 is 0. The molecule has 1 heterocycles. The molecule has 102 valence electrons. The Bertz CT molecular complexity index is 629. The topological polar surface area (TPSA) is 27.3 Å². The van der Waals surface area contributed by atoms with Crippen molar-refractivity contribution in [1.82, 2.24) is 10.7 Å². The molecule has 1 saturated heterocycles. The molecule has 0 spiro atoms. The molecule has 0 aromatic heterocycles. The molecule has 0 saturated carbocycles. The van der Waals surface area contributed by atoms with Crippen LogP contribution in [-0.2, 0) is 5.66 Å². The average Bonchev–Trinajstić information content (AvgIpc) is 2.77. The van der Waals surface area contributed by atoms with Gasteiger partial charge in [-0.2, -0.15) is 5.43 Å². The minimum absolute atomic E-state index is 0.447. The lowest BCUT2D eigenvalue weighted by atomic mass is 10.0. The number of benzene rings is 2. The number of halogens is 1. The maximum atomic E-state index is 5.94. The van der Waals surface area contributed by atoms with Crippen molar-refractivity contribution >= 4 is 34.6 Å². The fourth-order valence-electron chi connectivity index (χ4n) is 2.25. The number of nitrogens with zero attached hydrogens (tertiary/aromatic N) is 1. The molecule has 1 fully saturated rings. The molecule has 1 aliphatic heterocycles. The molecule has 0 amide bonds. The number of nitrogens with one attached hydrogen (secondary N) is 2. The molecule has 0 radical (unpaired) electrons. The normalized spacial score (nSPS) is 21.9. The second-order valence-electron chi connectivity index (χ2n) is 4.84. The summed E-state index contributed by atoms with van der Waals surface area (Å²) in [5.41, 5.74) is 5.03. The van der Waals surface area contributed by atoms with Gasteiger partial charge < -0.3 is 5.32 Å². The molecular formula is C15H14ClN3S. The van der Waals surface area contributed by atoms with E-state index in [1.807, 2.05) is 66.5 Å². The van der Waals surface area contributed by atoms with Gasteiger partial charge in [0.2, 0.25) is 0 Å². The molecule has 0 aliphatic carbocycles. The minimum Gasteiger partial charge on any atom is -0.338 e. The van der Waals surface area contributed by atoms with Gasteiger partial charge in [-0.25, -0.2) is 5.01 Å². The summed E-state index contributed by atoms with van der Waals surface area (Å²) in [5, 5.41) is 6.56. The molecule has 1 atom stereocenters. The number of hydrogen-bond donors (Lipinski definition) is 2. The fourth-order valence-corrected chi connectivity index (χ4v) is 2.73. The van der Waals surface area contributed by atoms with Crippen molar-refractivity contribution in [3.05, 3.63) is 65.2 Å². The molecule has 0 bridgehead atoms. The predicted molar refractivity (Wildman–Crippen MR) is 86.6 cm³/mol. The van der Waals surface area contributed by atoms with Crippen molar-refractivity contribution in [1.29, 1.82) is 0 Å². The molecule has 5 heteroatoms. The molecule has 1 aliphatic rings. The van der Waals surface area contributed by atoms with E-state index in [1.165, 1.54) is 0 Å². The van der Waals surface area contributed by atoms with Crippen LogP contribution in [0.25, 0.3) is 0 Å². The quantitative estimate of drug-likeness (QED) is 0.832. The van der Waals surface area contributed by atoms with Crippen LogP contribution in [0.1, 0.15) is 12.5 Å². The molecule has 2 aromatic carbocycles. The van der Waals surface area contributed by atoms with E-state index >= 15 is 0 Å². The zero-order valence-corrected chi connectivity index (χ0v) is 12.5. The third kappa shape index (κ3) is 2.38. The fraction of sp³-hybridized carbons (Fsp3) is 0.133. The molecule has 2 N–H and O–H groups in total. The predicted octanol–water partition coefficient (Wildman–Crippen LogP) is 3.41. The first-order valence-corrected chi connectivity index (χ1v) is 7.08. The molecule has 3 rings (SSSR count). The van der Waals surface area contributed by atoms with E-state index in [9.17, 15) is 0 Å². The number of anilines is 1. The lowest BCUT2D eigenvalue weighted by Gasteiger charge is -2.26. The second kappa shape index (κ2) is 5.05. The SMILES string of the molecule is C[C@]1(c2ccc(Cl)cc2)NC(=S)N(c2ccccc2)N1. The molecular weight excluding hydrogens is 290 g/mol. The van der Waals surface area contributed by atoms with Crippen molar-refractivity contribution in [2.75, 3.05) is 5.01 Å². The number of rotatable bonds is 2. The van der Waals surface area contributed by atoms with Gasteiger partial charge in [-0.1, -0.05) is 41.9 Å². The molecule has 3 nitrogen and oxygen atoms in total. The van der Waals surface area contributed by atoms with E-state index in [0.717, 1.165) is 16.3 Å². The van der Waals surface area contributed by atoms with E-state index in [4.69, 9.17) is 23.8 Å². The minimum atomic E-state index is -0.447. The van der Waals surface area contributed by atoms with Gasteiger partial charge in [0.15, 0.2) is 5.11 Å². The van der Waals surface area contributed by atoms with E-state index in [2.05, 4.69) is 10.7 Å². The summed E-state index contributed by atoms with van der Waals surface area (Å²) in [6, 6.07) is 17.7. The first-order chi connectivity index (χ1) is 9.58. The maximum absolute atomic E-state index is 5.94. The Morgan fingerprint density at radius 1 is 1.05 bits per heavy atom. The van der Waals surface area contributed by atoms with Crippen LogP contribution in [0.4, 0.5) is 5.69 Å². The van der Waals surface area contributed by atoms with Gasteiger partial charge in [0.05, 0.1) is 5.69 Å². The van der Waals surface area contributed by atoms with Crippen molar-refractivity contribution in [2.45, 2.75) is 12.6 Å². The summed E-state index contributed by atoms with van der Waals surface area (Å²) >= 11 is 11.4. The average molecular weight is 304 g/mol. The van der Waals surface area contributed by atoms with Crippen molar-refractivity contribution in [2.24, 2.45) is 0 Å². The van der Waals surface area contributed by atoms with Gasteiger partial charge in [-0.3, -0.25) is 0 Å². The van der Waals surface area contributed by atoms with Crippen LogP contribution < -0.4 is 15.8 Å². The van der Waals surface area contributed by atoms with E-state index in [1.54, 1.807) is 0 Å². The standard InChI is InChI=1S/C15H14ClN3S/c1-15(11-7-9-12(16)10-8-11)17-14(20)19(18-15)13-5-3-2-4-6-13/h2-10,18H,1H3,(H,17,20)/t15-/m0/s1. The van der Waals surface area contributed by atoms with Crippen LogP contribution >= 0.6 is 23.8 Å². The Labute approximate surface area is 128 Å². The van der Waals surface area contributed by atoms with Gasteiger partial charge >= 0.3 is 0 Å². The Hall–Kier alpha value is -1.62. The summed E-state index contributed by atoms with van der Waals surface area (Å²) in [4.78, 5) is 0. The van der Waals surface area contributed by atoms with Crippen LogP contribution in [0.2, 0.25) is 5.02 Å². The molecule has 0 unspecified atom stereocenters. The number of hydrogen-bond acceptors (Lipinski definition) is 2. The number of thiocarbonyl (C=S) groups is 1. The highest BCUT2D eigenvalue weighted by Gasteiger charge is 2.37. The Morgan fingerprint density at radius 2 is 1.70 bits per heavy atom. The third-order valence-electron chi connectivity index (χ3n) is 3.33. The van der Waals surface area contributed by atoms with Gasteiger partial charge in [0, 0.05) is 5.02 Å². The molecule has 20 heavy (non-hydrogen) atoms. The van der Waals surface area contributed by atoms with Crippen LogP contribution in [-0.4, -0.2) is 5.11 Å². The zero-order valence-electron chi connectivity index (χ0n) is 10.9. The number of para-hydroxylation sites is 1. The van der Waals surface area contributed by atoms with Crippen LogP contribution in [0.3, 0.4) is 0 Å².